The molecule has 1 fully saturated rings. The van der Waals surface area contributed by atoms with Gasteiger partial charge in [0.15, 0.2) is 6.61 Å². The molecule has 0 spiro atoms. The number of esters is 1. The van der Waals surface area contributed by atoms with E-state index in [1.165, 1.54) is 11.3 Å². The number of hydrogen-bond acceptors (Lipinski definition) is 5. The number of rotatable bonds is 5. The zero-order valence-corrected chi connectivity index (χ0v) is 17.8. The summed E-state index contributed by atoms with van der Waals surface area (Å²) in [4.78, 5) is 27.9. The van der Waals surface area contributed by atoms with Crippen molar-refractivity contribution in [1.82, 2.24) is 14.7 Å². The first-order valence-corrected chi connectivity index (χ1v) is 10.9. The highest BCUT2D eigenvalue weighted by atomic mass is 35.5. The average Bonchev–Trinajstić information content (AvgIpc) is 3.30. The van der Waals surface area contributed by atoms with Crippen molar-refractivity contribution in [2.75, 3.05) is 19.7 Å². The quantitative estimate of drug-likeness (QED) is 0.565. The second-order valence-corrected chi connectivity index (χ2v) is 8.62. The van der Waals surface area contributed by atoms with Crippen molar-refractivity contribution in [2.45, 2.75) is 32.7 Å². The first kappa shape index (κ1) is 19.9. The lowest BCUT2D eigenvalue weighted by Crippen LogP contribution is -2.38. The van der Waals surface area contributed by atoms with Crippen molar-refractivity contribution >= 4 is 45.0 Å². The van der Waals surface area contributed by atoms with Crippen molar-refractivity contribution in [3.05, 3.63) is 51.5 Å². The third-order valence-electron chi connectivity index (χ3n) is 5.12. The molecule has 4 rings (SSSR count). The molecular formula is C21H22ClN3O3S. The summed E-state index contributed by atoms with van der Waals surface area (Å²) in [6, 6.07) is 9.42. The Morgan fingerprint density at radius 2 is 1.97 bits per heavy atom. The average molecular weight is 432 g/mol. The van der Waals surface area contributed by atoms with E-state index in [1.54, 1.807) is 11.0 Å². The van der Waals surface area contributed by atoms with E-state index in [1.807, 2.05) is 35.9 Å². The predicted molar refractivity (Wildman–Crippen MR) is 114 cm³/mol. The van der Waals surface area contributed by atoms with Gasteiger partial charge >= 0.3 is 5.97 Å². The fourth-order valence-corrected chi connectivity index (χ4v) is 4.79. The standard InChI is InChI=1S/C21H22ClN3O3S/c1-14-16-11-18(21(27)28-13-19(26)24-9-5-2-6-10-24)29-20(16)25(23-14)12-15-7-3-4-8-17(15)22/h3-4,7-8,11H,2,5-6,9-10,12-13H2,1H3. The minimum absolute atomic E-state index is 0.125. The summed E-state index contributed by atoms with van der Waals surface area (Å²) in [6.45, 7) is 3.71. The molecule has 0 N–H and O–H groups in total. The number of hydrogen-bond donors (Lipinski definition) is 0. The van der Waals surface area contributed by atoms with Crippen LogP contribution in [0, 0.1) is 6.92 Å². The van der Waals surface area contributed by atoms with E-state index >= 15 is 0 Å². The Kier molecular flexibility index (Phi) is 5.87. The van der Waals surface area contributed by atoms with Gasteiger partial charge in [0, 0.05) is 23.5 Å². The minimum Gasteiger partial charge on any atom is -0.451 e. The molecule has 1 aliphatic heterocycles. The Balaban J connectivity index is 1.47. The van der Waals surface area contributed by atoms with Crippen LogP contribution in [-0.2, 0) is 16.1 Å². The predicted octanol–water partition coefficient (Wildman–Crippen LogP) is 4.28. The number of halogens is 1. The Morgan fingerprint density at radius 3 is 2.72 bits per heavy atom. The number of benzene rings is 1. The van der Waals surface area contributed by atoms with Crippen LogP contribution in [0.5, 0.6) is 0 Å². The molecule has 0 aliphatic carbocycles. The number of amides is 1. The van der Waals surface area contributed by atoms with Gasteiger partial charge in [-0.3, -0.25) is 9.48 Å². The zero-order chi connectivity index (χ0) is 20.4. The van der Waals surface area contributed by atoms with Crippen LogP contribution < -0.4 is 0 Å². The van der Waals surface area contributed by atoms with Gasteiger partial charge in [0.1, 0.15) is 9.71 Å². The summed E-state index contributed by atoms with van der Waals surface area (Å²) in [5.41, 5.74) is 1.80. The van der Waals surface area contributed by atoms with E-state index in [0.717, 1.165) is 53.8 Å². The Hall–Kier alpha value is -2.38. The van der Waals surface area contributed by atoms with Crippen LogP contribution in [0.15, 0.2) is 30.3 Å². The lowest BCUT2D eigenvalue weighted by Gasteiger charge is -2.26. The van der Waals surface area contributed by atoms with Gasteiger partial charge in [-0.15, -0.1) is 11.3 Å². The van der Waals surface area contributed by atoms with Crippen molar-refractivity contribution in [3.8, 4) is 0 Å². The maximum Gasteiger partial charge on any atom is 0.348 e. The van der Waals surface area contributed by atoms with Crippen LogP contribution in [-0.4, -0.2) is 46.3 Å². The molecular weight excluding hydrogens is 410 g/mol. The molecule has 2 aromatic heterocycles. The van der Waals surface area contributed by atoms with Gasteiger partial charge in [-0.1, -0.05) is 29.8 Å². The lowest BCUT2D eigenvalue weighted by molar-refractivity contribution is -0.135. The number of thiophene rings is 1. The number of carbonyl (C=O) groups excluding carboxylic acids is 2. The van der Waals surface area contributed by atoms with E-state index in [2.05, 4.69) is 5.10 Å². The van der Waals surface area contributed by atoms with E-state index < -0.39 is 5.97 Å². The fraction of sp³-hybridized carbons (Fsp3) is 0.381. The Bertz CT molecular complexity index is 1050. The topological polar surface area (TPSA) is 64.4 Å². The normalized spacial score (nSPS) is 14.3. The number of likely N-dealkylation sites (tertiary alicyclic amines) is 1. The third-order valence-corrected chi connectivity index (χ3v) is 6.62. The van der Waals surface area contributed by atoms with Crippen LogP contribution in [0.3, 0.4) is 0 Å². The highest BCUT2D eigenvalue weighted by Crippen LogP contribution is 2.30. The van der Waals surface area contributed by atoms with E-state index in [0.29, 0.717) is 16.4 Å². The summed E-state index contributed by atoms with van der Waals surface area (Å²) < 4.78 is 7.14. The molecule has 3 heterocycles. The van der Waals surface area contributed by atoms with Crippen LogP contribution in [0.4, 0.5) is 0 Å². The third kappa shape index (κ3) is 4.31. The van der Waals surface area contributed by atoms with Crippen LogP contribution >= 0.6 is 22.9 Å². The van der Waals surface area contributed by atoms with Gasteiger partial charge in [-0.05, 0) is 43.9 Å². The highest BCUT2D eigenvalue weighted by molar-refractivity contribution is 7.20. The molecule has 0 atom stereocenters. The molecule has 6 nitrogen and oxygen atoms in total. The van der Waals surface area contributed by atoms with Gasteiger partial charge in [0.25, 0.3) is 5.91 Å². The zero-order valence-electron chi connectivity index (χ0n) is 16.2. The van der Waals surface area contributed by atoms with Gasteiger partial charge in [-0.2, -0.15) is 5.10 Å². The van der Waals surface area contributed by atoms with E-state index in [9.17, 15) is 9.59 Å². The van der Waals surface area contributed by atoms with E-state index in [4.69, 9.17) is 16.3 Å². The summed E-state index contributed by atoms with van der Waals surface area (Å²) in [5.74, 6) is -0.597. The largest absolute Gasteiger partial charge is 0.451 e. The molecule has 1 saturated heterocycles. The summed E-state index contributed by atoms with van der Waals surface area (Å²) in [5, 5.41) is 6.17. The van der Waals surface area contributed by atoms with Crippen molar-refractivity contribution in [1.29, 1.82) is 0 Å². The molecule has 3 aromatic rings. The SMILES string of the molecule is Cc1nn(Cc2ccccc2Cl)c2sc(C(=O)OCC(=O)N3CCCCC3)cc12. The molecule has 1 aliphatic rings. The molecule has 0 unspecified atom stereocenters. The van der Waals surface area contributed by atoms with Crippen LogP contribution in [0.2, 0.25) is 5.02 Å². The summed E-state index contributed by atoms with van der Waals surface area (Å²) in [6.07, 6.45) is 3.17. The summed E-state index contributed by atoms with van der Waals surface area (Å²) >= 11 is 7.60. The molecule has 152 valence electrons. The highest BCUT2D eigenvalue weighted by Gasteiger charge is 2.21. The number of fused-ring (bicyclic) bond motifs is 1. The maximum atomic E-state index is 12.5. The van der Waals surface area contributed by atoms with Crippen molar-refractivity contribution in [2.24, 2.45) is 0 Å². The molecule has 0 radical (unpaired) electrons. The maximum absolute atomic E-state index is 12.5. The van der Waals surface area contributed by atoms with Gasteiger partial charge in [0.2, 0.25) is 0 Å². The number of carbonyl (C=O) groups is 2. The molecule has 0 saturated carbocycles. The number of nitrogens with zero attached hydrogens (tertiary/aromatic N) is 3. The smallest absolute Gasteiger partial charge is 0.348 e. The Morgan fingerprint density at radius 1 is 1.21 bits per heavy atom. The lowest BCUT2D eigenvalue weighted by atomic mass is 10.1. The van der Waals surface area contributed by atoms with Gasteiger partial charge < -0.3 is 9.64 Å². The molecule has 1 aromatic carbocycles. The summed E-state index contributed by atoms with van der Waals surface area (Å²) in [7, 11) is 0. The fourth-order valence-electron chi connectivity index (χ4n) is 3.54. The molecule has 1 amide bonds. The van der Waals surface area contributed by atoms with Crippen molar-refractivity contribution < 1.29 is 14.3 Å². The minimum atomic E-state index is -0.472. The van der Waals surface area contributed by atoms with Crippen LogP contribution in [0.1, 0.15) is 40.2 Å². The van der Waals surface area contributed by atoms with Gasteiger partial charge in [-0.25, -0.2) is 4.79 Å². The number of ether oxygens (including phenoxy) is 1. The number of aryl methyl sites for hydroxylation is 1. The van der Waals surface area contributed by atoms with Crippen molar-refractivity contribution in [3.63, 3.8) is 0 Å². The van der Waals surface area contributed by atoms with Gasteiger partial charge in [0.05, 0.1) is 12.2 Å². The molecule has 29 heavy (non-hydrogen) atoms. The number of piperidine rings is 1. The molecule has 0 bridgehead atoms. The van der Waals surface area contributed by atoms with Crippen LogP contribution in [0.25, 0.3) is 10.2 Å². The number of aromatic nitrogens is 2. The van der Waals surface area contributed by atoms with E-state index in [-0.39, 0.29) is 12.5 Å². The molecule has 8 heteroatoms. The first-order valence-electron chi connectivity index (χ1n) is 9.68. The second kappa shape index (κ2) is 8.55. The first-order chi connectivity index (χ1) is 14.0. The Labute approximate surface area is 178 Å². The monoisotopic (exact) mass is 431 g/mol. The second-order valence-electron chi connectivity index (χ2n) is 7.18.